The lowest BCUT2D eigenvalue weighted by Gasteiger charge is -2.07. The molecule has 0 aliphatic carbocycles. The topological polar surface area (TPSA) is 26.0 Å². The maximum atomic E-state index is 13.4. The second-order valence-electron chi connectivity index (χ2n) is 3.67. The van der Waals surface area contributed by atoms with Crippen molar-refractivity contribution in [3.63, 3.8) is 0 Å². The van der Waals surface area contributed by atoms with Gasteiger partial charge in [0.1, 0.15) is 17.5 Å². The molecular formula is C13H10F3NS. The Labute approximate surface area is 107 Å². The minimum atomic E-state index is -0.613. The van der Waals surface area contributed by atoms with Gasteiger partial charge in [0.05, 0.1) is 0 Å². The Bertz CT molecular complexity index is 552. The molecule has 0 amide bonds. The molecule has 0 saturated carbocycles. The first-order valence-corrected chi connectivity index (χ1v) is 6.17. The van der Waals surface area contributed by atoms with Crippen molar-refractivity contribution in [1.82, 2.24) is 0 Å². The highest BCUT2D eigenvalue weighted by Gasteiger charge is 2.10. The Hall–Kier alpha value is -1.62. The summed E-state index contributed by atoms with van der Waals surface area (Å²) in [7, 11) is 0. The molecule has 0 aliphatic heterocycles. The van der Waals surface area contributed by atoms with Crippen LogP contribution in [0.2, 0.25) is 0 Å². The molecule has 5 heteroatoms. The van der Waals surface area contributed by atoms with Gasteiger partial charge < -0.3 is 5.73 Å². The number of hydrogen-bond donors (Lipinski definition) is 1. The van der Waals surface area contributed by atoms with Crippen LogP contribution in [0.15, 0.2) is 41.3 Å². The first kappa shape index (κ1) is 12.8. The van der Waals surface area contributed by atoms with E-state index in [9.17, 15) is 13.2 Å². The number of hydrogen-bond acceptors (Lipinski definition) is 2. The second-order valence-corrected chi connectivity index (χ2v) is 4.69. The third-order valence-electron chi connectivity index (χ3n) is 2.41. The average Bonchev–Trinajstić information content (AvgIpc) is 2.33. The minimum Gasteiger partial charge on any atom is -0.398 e. The number of anilines is 1. The molecule has 0 unspecified atom stereocenters. The Morgan fingerprint density at radius 2 is 1.67 bits per heavy atom. The molecule has 1 nitrogen and oxygen atoms in total. The second kappa shape index (κ2) is 5.35. The van der Waals surface area contributed by atoms with Gasteiger partial charge in [-0.2, -0.15) is 0 Å². The van der Waals surface area contributed by atoms with Crippen LogP contribution in [0.1, 0.15) is 5.56 Å². The van der Waals surface area contributed by atoms with Crippen LogP contribution in [-0.4, -0.2) is 0 Å². The maximum Gasteiger partial charge on any atom is 0.130 e. The fraction of sp³-hybridized carbons (Fsp3) is 0.0769. The van der Waals surface area contributed by atoms with Crippen LogP contribution in [0, 0.1) is 17.5 Å². The van der Waals surface area contributed by atoms with Crippen molar-refractivity contribution < 1.29 is 13.2 Å². The molecule has 0 spiro atoms. The molecule has 0 radical (unpaired) electrons. The fourth-order valence-electron chi connectivity index (χ4n) is 1.45. The summed E-state index contributed by atoms with van der Waals surface area (Å²) in [4.78, 5) is 0.470. The largest absolute Gasteiger partial charge is 0.398 e. The van der Waals surface area contributed by atoms with E-state index in [1.54, 1.807) is 0 Å². The van der Waals surface area contributed by atoms with Crippen LogP contribution in [-0.2, 0) is 5.75 Å². The van der Waals surface area contributed by atoms with Crippen molar-refractivity contribution >= 4 is 17.4 Å². The van der Waals surface area contributed by atoms with Gasteiger partial charge in [-0.25, -0.2) is 13.2 Å². The molecule has 0 saturated heterocycles. The van der Waals surface area contributed by atoms with Gasteiger partial charge >= 0.3 is 0 Å². The molecule has 0 atom stereocenters. The highest BCUT2D eigenvalue weighted by Crippen LogP contribution is 2.30. The van der Waals surface area contributed by atoms with E-state index in [-0.39, 0.29) is 11.3 Å². The first-order valence-electron chi connectivity index (χ1n) is 5.18. The average molecular weight is 269 g/mol. The van der Waals surface area contributed by atoms with Crippen LogP contribution in [0.4, 0.5) is 18.9 Å². The Kier molecular flexibility index (Phi) is 3.81. The molecule has 94 valence electrons. The maximum absolute atomic E-state index is 13.4. The first-order chi connectivity index (χ1) is 8.58. The minimum absolute atomic E-state index is 0.0360. The lowest BCUT2D eigenvalue weighted by molar-refractivity contribution is 0.566. The fourth-order valence-corrected chi connectivity index (χ4v) is 2.46. The van der Waals surface area contributed by atoms with Crippen LogP contribution in [0.5, 0.6) is 0 Å². The van der Waals surface area contributed by atoms with E-state index in [1.807, 2.05) is 0 Å². The summed E-state index contributed by atoms with van der Waals surface area (Å²) >= 11 is 1.10. The van der Waals surface area contributed by atoms with Crippen molar-refractivity contribution in [3.05, 3.63) is 59.4 Å². The van der Waals surface area contributed by atoms with Crippen LogP contribution in [0.3, 0.4) is 0 Å². The van der Waals surface area contributed by atoms with Crippen molar-refractivity contribution in [1.29, 1.82) is 0 Å². The monoisotopic (exact) mass is 269 g/mol. The molecule has 0 aromatic heterocycles. The van der Waals surface area contributed by atoms with Crippen LogP contribution >= 0.6 is 11.8 Å². The van der Waals surface area contributed by atoms with Gasteiger partial charge in [0.15, 0.2) is 0 Å². The molecule has 2 aromatic rings. The van der Waals surface area contributed by atoms with Gasteiger partial charge in [0, 0.05) is 21.9 Å². The summed E-state index contributed by atoms with van der Waals surface area (Å²) in [6.07, 6.45) is 0. The van der Waals surface area contributed by atoms with E-state index in [0.717, 1.165) is 11.8 Å². The van der Waals surface area contributed by atoms with Crippen molar-refractivity contribution in [2.75, 3.05) is 5.73 Å². The molecular weight excluding hydrogens is 259 g/mol. The number of nitrogen functional groups attached to an aromatic ring is 1. The van der Waals surface area contributed by atoms with Gasteiger partial charge in [-0.05, 0) is 30.3 Å². The summed E-state index contributed by atoms with van der Waals surface area (Å²) in [5.41, 5.74) is 6.01. The quantitative estimate of drug-likeness (QED) is 0.673. The van der Waals surface area contributed by atoms with E-state index in [1.165, 1.54) is 36.4 Å². The highest BCUT2D eigenvalue weighted by atomic mass is 32.2. The zero-order valence-electron chi connectivity index (χ0n) is 9.29. The van der Waals surface area contributed by atoms with Crippen LogP contribution in [0.25, 0.3) is 0 Å². The van der Waals surface area contributed by atoms with Crippen molar-refractivity contribution in [2.24, 2.45) is 0 Å². The van der Waals surface area contributed by atoms with Crippen molar-refractivity contribution in [3.8, 4) is 0 Å². The number of benzene rings is 2. The van der Waals surface area contributed by atoms with E-state index < -0.39 is 17.5 Å². The van der Waals surface area contributed by atoms with Crippen LogP contribution < -0.4 is 5.73 Å². The molecule has 2 aromatic carbocycles. The number of rotatable bonds is 3. The summed E-state index contributed by atoms with van der Waals surface area (Å²) in [5.74, 6) is -1.60. The predicted molar refractivity (Wildman–Crippen MR) is 66.7 cm³/mol. The summed E-state index contributed by atoms with van der Waals surface area (Å²) in [6.45, 7) is 0. The SMILES string of the molecule is Nc1ccc(F)cc1SCc1c(F)cccc1F. The molecule has 0 fully saturated rings. The van der Waals surface area contributed by atoms with Gasteiger partial charge in [-0.1, -0.05) is 6.07 Å². The van der Waals surface area contributed by atoms with E-state index in [4.69, 9.17) is 5.73 Å². The molecule has 0 aliphatic rings. The van der Waals surface area contributed by atoms with Gasteiger partial charge in [0.2, 0.25) is 0 Å². The summed E-state index contributed by atoms with van der Waals surface area (Å²) in [6, 6.07) is 7.59. The Balaban J connectivity index is 2.19. The highest BCUT2D eigenvalue weighted by molar-refractivity contribution is 7.98. The van der Waals surface area contributed by atoms with E-state index >= 15 is 0 Å². The van der Waals surface area contributed by atoms with Gasteiger partial charge in [-0.15, -0.1) is 11.8 Å². The smallest absolute Gasteiger partial charge is 0.130 e. The third kappa shape index (κ3) is 2.79. The predicted octanol–water partition coefficient (Wildman–Crippen LogP) is 3.98. The van der Waals surface area contributed by atoms with Gasteiger partial charge in [0.25, 0.3) is 0 Å². The summed E-state index contributed by atoms with van der Waals surface area (Å²) < 4.78 is 39.8. The zero-order chi connectivity index (χ0) is 13.1. The normalized spacial score (nSPS) is 10.6. The lowest BCUT2D eigenvalue weighted by Crippen LogP contribution is -1.94. The standard InChI is InChI=1S/C13H10F3NS/c14-8-4-5-12(17)13(6-8)18-7-9-10(15)2-1-3-11(9)16/h1-6H,7,17H2. The lowest BCUT2D eigenvalue weighted by atomic mass is 10.2. The zero-order valence-corrected chi connectivity index (χ0v) is 10.1. The Morgan fingerprint density at radius 1 is 1.00 bits per heavy atom. The molecule has 0 heterocycles. The van der Waals surface area contributed by atoms with E-state index in [2.05, 4.69) is 0 Å². The van der Waals surface area contributed by atoms with Gasteiger partial charge in [-0.3, -0.25) is 0 Å². The number of halogens is 3. The van der Waals surface area contributed by atoms with E-state index in [0.29, 0.717) is 10.6 Å². The number of nitrogens with two attached hydrogens (primary N) is 1. The third-order valence-corrected chi connectivity index (χ3v) is 3.51. The molecule has 2 N–H and O–H groups in total. The number of thioether (sulfide) groups is 1. The molecule has 18 heavy (non-hydrogen) atoms. The summed E-state index contributed by atoms with van der Waals surface area (Å²) in [5, 5.41) is 0. The van der Waals surface area contributed by atoms with Crippen molar-refractivity contribution in [2.45, 2.75) is 10.6 Å². The molecule has 0 bridgehead atoms. The Morgan fingerprint density at radius 3 is 2.33 bits per heavy atom. The molecule has 2 rings (SSSR count).